The Labute approximate surface area is 98.6 Å². The molecule has 0 aromatic heterocycles. The fourth-order valence-electron chi connectivity index (χ4n) is 1.59. The Kier molecular flexibility index (Phi) is 5.00. The van der Waals surface area contributed by atoms with Crippen molar-refractivity contribution in [2.75, 3.05) is 6.26 Å². The molecule has 0 heterocycles. The van der Waals surface area contributed by atoms with Crippen LogP contribution in [0.15, 0.2) is 29.2 Å². The highest BCUT2D eigenvalue weighted by atomic mass is 32.2. The lowest BCUT2D eigenvalue weighted by Crippen LogP contribution is -1.97. The lowest BCUT2D eigenvalue weighted by atomic mass is 10.1. The third-order valence-corrected chi connectivity index (χ3v) is 3.70. The molecule has 0 aliphatic carbocycles. The molecule has 0 aliphatic rings. The first-order valence-corrected chi connectivity index (χ1v) is 7.51. The van der Waals surface area contributed by atoms with Crippen molar-refractivity contribution in [2.24, 2.45) is 0 Å². The van der Waals surface area contributed by atoms with E-state index in [1.54, 1.807) is 12.1 Å². The fourth-order valence-corrected chi connectivity index (χ4v) is 2.22. The molecule has 1 aromatic carbocycles. The molecule has 3 heteroatoms. The SMILES string of the molecule is [CH2]CCCCCc1ccc(S(C)(=O)=O)cc1. The quantitative estimate of drug-likeness (QED) is 0.715. The molecule has 1 aromatic rings. The Morgan fingerprint density at radius 1 is 1.06 bits per heavy atom. The summed E-state index contributed by atoms with van der Waals surface area (Å²) in [6.45, 7) is 3.80. The maximum atomic E-state index is 11.2. The van der Waals surface area contributed by atoms with Crippen LogP contribution in [0, 0.1) is 6.92 Å². The van der Waals surface area contributed by atoms with Gasteiger partial charge in [-0.1, -0.05) is 38.3 Å². The highest BCUT2D eigenvalue weighted by molar-refractivity contribution is 7.90. The summed E-state index contributed by atoms with van der Waals surface area (Å²) in [6.07, 6.45) is 6.75. The summed E-state index contributed by atoms with van der Waals surface area (Å²) in [4.78, 5) is 0.397. The third-order valence-electron chi connectivity index (χ3n) is 2.57. The van der Waals surface area contributed by atoms with Crippen molar-refractivity contribution < 1.29 is 8.42 Å². The number of hydrogen-bond acceptors (Lipinski definition) is 2. The Morgan fingerprint density at radius 3 is 2.19 bits per heavy atom. The van der Waals surface area contributed by atoms with Crippen molar-refractivity contribution in [3.8, 4) is 0 Å². The Bertz CT molecular complexity index is 404. The van der Waals surface area contributed by atoms with Gasteiger partial charge in [0.15, 0.2) is 9.84 Å². The van der Waals surface area contributed by atoms with Crippen LogP contribution in [0.1, 0.15) is 31.2 Å². The minimum absolute atomic E-state index is 0.397. The van der Waals surface area contributed by atoms with Crippen molar-refractivity contribution in [3.05, 3.63) is 36.8 Å². The molecule has 0 saturated heterocycles. The van der Waals surface area contributed by atoms with Crippen LogP contribution >= 0.6 is 0 Å². The van der Waals surface area contributed by atoms with Gasteiger partial charge in [0.1, 0.15) is 0 Å². The summed E-state index contributed by atoms with van der Waals surface area (Å²) < 4.78 is 22.5. The maximum Gasteiger partial charge on any atom is 0.175 e. The van der Waals surface area contributed by atoms with Crippen LogP contribution in [-0.2, 0) is 16.3 Å². The molecule has 0 atom stereocenters. The highest BCUT2D eigenvalue weighted by Gasteiger charge is 2.05. The first-order valence-electron chi connectivity index (χ1n) is 5.62. The van der Waals surface area contributed by atoms with Crippen LogP contribution in [0.25, 0.3) is 0 Å². The lowest BCUT2D eigenvalue weighted by molar-refractivity contribution is 0.602. The molecule has 0 spiro atoms. The Balaban J connectivity index is 2.52. The van der Waals surface area contributed by atoms with E-state index >= 15 is 0 Å². The second kappa shape index (κ2) is 6.04. The predicted octanol–water partition coefficient (Wildman–Crippen LogP) is 3.03. The minimum Gasteiger partial charge on any atom is -0.224 e. The molecule has 89 valence electrons. The van der Waals surface area contributed by atoms with Gasteiger partial charge in [-0.05, 0) is 30.5 Å². The molecule has 0 unspecified atom stereocenters. The molecular formula is C13H19O2S. The molecule has 0 saturated carbocycles. The van der Waals surface area contributed by atoms with Gasteiger partial charge in [-0.3, -0.25) is 0 Å². The van der Waals surface area contributed by atoms with Crippen LogP contribution < -0.4 is 0 Å². The van der Waals surface area contributed by atoms with Gasteiger partial charge in [-0.2, -0.15) is 0 Å². The smallest absolute Gasteiger partial charge is 0.175 e. The molecule has 0 bridgehead atoms. The van der Waals surface area contributed by atoms with Crippen molar-refractivity contribution >= 4 is 9.84 Å². The molecule has 0 N–H and O–H groups in total. The van der Waals surface area contributed by atoms with Crippen molar-refractivity contribution in [3.63, 3.8) is 0 Å². The van der Waals surface area contributed by atoms with Crippen LogP contribution in [0.2, 0.25) is 0 Å². The van der Waals surface area contributed by atoms with Crippen molar-refractivity contribution in [1.82, 2.24) is 0 Å². The van der Waals surface area contributed by atoms with Gasteiger partial charge < -0.3 is 0 Å². The summed E-state index contributed by atoms with van der Waals surface area (Å²) in [6, 6.07) is 7.18. The zero-order valence-electron chi connectivity index (χ0n) is 9.78. The molecule has 2 nitrogen and oxygen atoms in total. The van der Waals surface area contributed by atoms with Gasteiger partial charge in [0.2, 0.25) is 0 Å². The number of unbranched alkanes of at least 4 members (excludes halogenated alkanes) is 3. The fraction of sp³-hybridized carbons (Fsp3) is 0.462. The molecule has 0 amide bonds. The summed E-state index contributed by atoms with van der Waals surface area (Å²) in [5.41, 5.74) is 1.21. The van der Waals surface area contributed by atoms with Gasteiger partial charge in [0.05, 0.1) is 4.90 Å². The number of benzene rings is 1. The standard InChI is InChI=1S/C13H19O2S/c1-3-4-5-6-7-12-8-10-13(11-9-12)16(2,14)15/h8-11H,1,3-7H2,2H3. The largest absolute Gasteiger partial charge is 0.224 e. The summed E-state index contributed by atoms with van der Waals surface area (Å²) in [7, 11) is -3.06. The van der Waals surface area contributed by atoms with Gasteiger partial charge in [-0.15, -0.1) is 0 Å². The summed E-state index contributed by atoms with van der Waals surface area (Å²) in [5, 5.41) is 0. The number of sulfone groups is 1. The van der Waals surface area contributed by atoms with E-state index in [0.29, 0.717) is 4.90 Å². The zero-order valence-corrected chi connectivity index (χ0v) is 10.6. The topological polar surface area (TPSA) is 34.1 Å². The number of hydrogen-bond donors (Lipinski definition) is 0. The van der Waals surface area contributed by atoms with Gasteiger partial charge >= 0.3 is 0 Å². The maximum absolute atomic E-state index is 11.2. The van der Waals surface area contributed by atoms with Gasteiger partial charge in [-0.25, -0.2) is 8.42 Å². The molecule has 1 rings (SSSR count). The number of rotatable bonds is 6. The zero-order chi connectivity index (χ0) is 12.0. The van der Waals surface area contributed by atoms with E-state index in [1.165, 1.54) is 24.7 Å². The van der Waals surface area contributed by atoms with E-state index in [1.807, 2.05) is 12.1 Å². The van der Waals surface area contributed by atoms with Crippen LogP contribution in [0.4, 0.5) is 0 Å². The second-order valence-corrected chi connectivity index (χ2v) is 6.10. The molecule has 0 aliphatic heterocycles. The summed E-state index contributed by atoms with van der Waals surface area (Å²) in [5.74, 6) is 0. The first-order chi connectivity index (χ1) is 7.54. The first kappa shape index (κ1) is 13.2. The van der Waals surface area contributed by atoms with Crippen LogP contribution in [-0.4, -0.2) is 14.7 Å². The average molecular weight is 239 g/mol. The van der Waals surface area contributed by atoms with Gasteiger partial charge in [0.25, 0.3) is 0 Å². The van der Waals surface area contributed by atoms with Crippen LogP contribution in [0.3, 0.4) is 0 Å². The van der Waals surface area contributed by atoms with E-state index in [9.17, 15) is 8.42 Å². The second-order valence-electron chi connectivity index (χ2n) is 4.08. The predicted molar refractivity (Wildman–Crippen MR) is 67.1 cm³/mol. The van der Waals surface area contributed by atoms with E-state index in [4.69, 9.17) is 0 Å². The third kappa shape index (κ3) is 4.35. The Morgan fingerprint density at radius 2 is 1.69 bits per heavy atom. The Hall–Kier alpha value is -0.830. The highest BCUT2D eigenvalue weighted by Crippen LogP contribution is 2.12. The molecular weight excluding hydrogens is 220 g/mol. The van der Waals surface area contributed by atoms with Crippen LogP contribution in [0.5, 0.6) is 0 Å². The van der Waals surface area contributed by atoms with Crippen molar-refractivity contribution in [2.45, 2.75) is 37.0 Å². The lowest BCUT2D eigenvalue weighted by Gasteiger charge is -2.02. The normalized spacial score (nSPS) is 11.6. The molecule has 1 radical (unpaired) electrons. The molecule has 0 fully saturated rings. The molecule has 16 heavy (non-hydrogen) atoms. The monoisotopic (exact) mass is 239 g/mol. The van der Waals surface area contributed by atoms with E-state index < -0.39 is 9.84 Å². The number of aryl methyl sites for hydroxylation is 1. The van der Waals surface area contributed by atoms with E-state index in [2.05, 4.69) is 6.92 Å². The summed E-state index contributed by atoms with van der Waals surface area (Å²) >= 11 is 0. The van der Waals surface area contributed by atoms with E-state index in [0.717, 1.165) is 19.3 Å². The average Bonchev–Trinajstić information content (AvgIpc) is 2.24. The van der Waals surface area contributed by atoms with E-state index in [-0.39, 0.29) is 0 Å². The minimum atomic E-state index is -3.06. The van der Waals surface area contributed by atoms with Gasteiger partial charge in [0, 0.05) is 6.26 Å². The van der Waals surface area contributed by atoms with Crippen molar-refractivity contribution in [1.29, 1.82) is 0 Å².